The molecule has 0 aliphatic carbocycles. The summed E-state index contributed by atoms with van der Waals surface area (Å²) in [6.45, 7) is 0.226. The van der Waals surface area contributed by atoms with Gasteiger partial charge in [-0.2, -0.15) is 10.2 Å². The number of nitrogens with one attached hydrogen (secondary N) is 2. The number of H-pyrrole nitrogens is 1. The molecule has 2 N–H and O–H groups in total. The van der Waals surface area contributed by atoms with Crippen LogP contribution in [0.3, 0.4) is 0 Å². The zero-order valence-electron chi connectivity index (χ0n) is 13.6. The Morgan fingerprint density at radius 2 is 1.92 bits per heavy atom. The molecular formula is C17H14N8O. The number of tetrazole rings is 1. The molecule has 0 unspecified atom stereocenters. The lowest BCUT2D eigenvalue weighted by molar-refractivity contribution is 0.296. The van der Waals surface area contributed by atoms with Crippen molar-refractivity contribution in [3.05, 3.63) is 66.7 Å². The van der Waals surface area contributed by atoms with Crippen molar-refractivity contribution in [2.24, 2.45) is 0 Å². The minimum atomic E-state index is 0.226. The first-order chi connectivity index (χ1) is 12.9. The number of aromatic amines is 1. The molecule has 0 aliphatic rings. The van der Waals surface area contributed by atoms with Crippen molar-refractivity contribution < 1.29 is 4.74 Å². The molecule has 0 atom stereocenters. The van der Waals surface area contributed by atoms with E-state index >= 15 is 0 Å². The number of aromatic nitrogens is 7. The second-order valence-corrected chi connectivity index (χ2v) is 5.27. The van der Waals surface area contributed by atoms with Gasteiger partial charge in [0.05, 0.1) is 0 Å². The van der Waals surface area contributed by atoms with Gasteiger partial charge in [-0.1, -0.05) is 41.6 Å². The highest BCUT2D eigenvalue weighted by Gasteiger charge is 2.05. The summed E-state index contributed by atoms with van der Waals surface area (Å²) >= 11 is 0. The molecule has 4 rings (SSSR count). The van der Waals surface area contributed by atoms with Crippen LogP contribution in [-0.2, 0) is 6.61 Å². The van der Waals surface area contributed by atoms with Crippen LogP contribution in [0.25, 0.3) is 11.4 Å². The van der Waals surface area contributed by atoms with E-state index in [0.717, 1.165) is 11.3 Å². The summed E-state index contributed by atoms with van der Waals surface area (Å²) in [6.07, 6.45) is 1.48. The van der Waals surface area contributed by atoms with E-state index in [0.29, 0.717) is 23.3 Å². The van der Waals surface area contributed by atoms with Crippen LogP contribution in [-0.4, -0.2) is 35.6 Å². The van der Waals surface area contributed by atoms with Crippen molar-refractivity contribution in [1.82, 2.24) is 35.6 Å². The van der Waals surface area contributed by atoms with Crippen LogP contribution in [0.2, 0.25) is 0 Å². The zero-order valence-corrected chi connectivity index (χ0v) is 13.6. The fraction of sp³-hybridized carbons (Fsp3) is 0.0588. The molecule has 2 aromatic carbocycles. The molecule has 9 nitrogen and oxygen atoms in total. The Bertz CT molecular complexity index is 975. The highest BCUT2D eigenvalue weighted by atomic mass is 16.5. The minimum Gasteiger partial charge on any atom is -0.485 e. The number of benzene rings is 2. The predicted octanol–water partition coefficient (Wildman–Crippen LogP) is 2.37. The molecule has 2 aromatic heterocycles. The molecule has 128 valence electrons. The van der Waals surface area contributed by atoms with Crippen LogP contribution in [0.5, 0.6) is 5.75 Å². The van der Waals surface area contributed by atoms with E-state index in [1.165, 1.54) is 6.33 Å². The molecule has 0 radical (unpaired) electrons. The largest absolute Gasteiger partial charge is 0.485 e. The summed E-state index contributed by atoms with van der Waals surface area (Å²) in [7, 11) is 0. The molecule has 4 aromatic rings. The third-order valence-corrected chi connectivity index (χ3v) is 3.45. The Morgan fingerprint density at radius 3 is 2.77 bits per heavy atom. The van der Waals surface area contributed by atoms with E-state index in [2.05, 4.69) is 40.9 Å². The van der Waals surface area contributed by atoms with Gasteiger partial charge in [0.1, 0.15) is 12.1 Å². The maximum absolute atomic E-state index is 5.64. The van der Waals surface area contributed by atoms with Crippen molar-refractivity contribution in [1.29, 1.82) is 0 Å². The first kappa shape index (κ1) is 15.6. The molecule has 0 spiro atoms. The van der Waals surface area contributed by atoms with Gasteiger partial charge in [0, 0.05) is 17.3 Å². The fourth-order valence-electron chi connectivity index (χ4n) is 2.27. The number of rotatable bonds is 6. The molecular weight excluding hydrogens is 332 g/mol. The van der Waals surface area contributed by atoms with Crippen molar-refractivity contribution >= 4 is 11.6 Å². The van der Waals surface area contributed by atoms with E-state index in [9.17, 15) is 0 Å². The molecule has 0 aliphatic heterocycles. The monoisotopic (exact) mass is 346 g/mol. The first-order valence-corrected chi connectivity index (χ1v) is 7.83. The number of nitrogens with zero attached hydrogens (tertiary/aromatic N) is 6. The number of ether oxygens (including phenoxy) is 1. The number of hydrogen-bond donors (Lipinski definition) is 2. The SMILES string of the molecule is c1ccc(-c2ncnc(Nc3cccc(OCc4nn[nH]n4)c3)n2)cc1. The summed E-state index contributed by atoms with van der Waals surface area (Å²) in [4.78, 5) is 12.8. The molecule has 0 fully saturated rings. The standard InChI is InChI=1S/C17H14N8O/c1-2-5-12(6-3-1)16-18-11-19-17(21-16)20-13-7-4-8-14(9-13)26-10-15-22-24-25-23-15/h1-9,11H,10H2,(H,18,19,20,21)(H,22,23,24,25). The molecule has 26 heavy (non-hydrogen) atoms. The van der Waals surface area contributed by atoms with E-state index in [1.54, 1.807) is 0 Å². The first-order valence-electron chi connectivity index (χ1n) is 7.83. The highest BCUT2D eigenvalue weighted by molar-refractivity contribution is 5.59. The highest BCUT2D eigenvalue weighted by Crippen LogP contribution is 2.21. The van der Waals surface area contributed by atoms with Crippen molar-refractivity contribution in [3.8, 4) is 17.1 Å². The molecule has 9 heteroatoms. The Hall–Kier alpha value is -3.88. The van der Waals surface area contributed by atoms with Crippen LogP contribution < -0.4 is 10.1 Å². The Morgan fingerprint density at radius 1 is 1.00 bits per heavy atom. The summed E-state index contributed by atoms with van der Waals surface area (Å²) in [6, 6.07) is 17.2. The topological polar surface area (TPSA) is 114 Å². The number of anilines is 2. The van der Waals surface area contributed by atoms with Crippen LogP contribution in [0, 0.1) is 0 Å². The Labute approximate surface area is 148 Å². The van der Waals surface area contributed by atoms with Crippen LogP contribution in [0.1, 0.15) is 5.82 Å². The Balaban J connectivity index is 1.48. The lowest BCUT2D eigenvalue weighted by atomic mass is 10.2. The van der Waals surface area contributed by atoms with Gasteiger partial charge in [0.15, 0.2) is 12.4 Å². The lowest BCUT2D eigenvalue weighted by Crippen LogP contribution is -2.01. The van der Waals surface area contributed by atoms with Gasteiger partial charge >= 0.3 is 0 Å². The smallest absolute Gasteiger partial charge is 0.230 e. The lowest BCUT2D eigenvalue weighted by Gasteiger charge is -2.08. The average Bonchev–Trinajstić information content (AvgIpc) is 3.21. The second-order valence-electron chi connectivity index (χ2n) is 5.27. The molecule has 0 bridgehead atoms. The van der Waals surface area contributed by atoms with Gasteiger partial charge in [0.25, 0.3) is 0 Å². The predicted molar refractivity (Wildman–Crippen MR) is 93.5 cm³/mol. The van der Waals surface area contributed by atoms with Gasteiger partial charge < -0.3 is 10.1 Å². The van der Waals surface area contributed by atoms with E-state index < -0.39 is 0 Å². The summed E-state index contributed by atoms with van der Waals surface area (Å²) < 4.78 is 5.64. The van der Waals surface area contributed by atoms with Crippen molar-refractivity contribution in [2.45, 2.75) is 6.61 Å². The third kappa shape index (κ3) is 3.78. The summed E-state index contributed by atoms with van der Waals surface area (Å²) in [5.41, 5.74) is 1.72. The van der Waals surface area contributed by atoms with Gasteiger partial charge in [-0.05, 0) is 12.1 Å². The van der Waals surface area contributed by atoms with Crippen LogP contribution in [0.4, 0.5) is 11.6 Å². The van der Waals surface area contributed by atoms with E-state index in [1.807, 2.05) is 54.6 Å². The molecule has 0 saturated carbocycles. The maximum atomic E-state index is 5.64. The third-order valence-electron chi connectivity index (χ3n) is 3.45. The summed E-state index contributed by atoms with van der Waals surface area (Å²) in [5.74, 6) is 2.20. The van der Waals surface area contributed by atoms with E-state index in [4.69, 9.17) is 4.74 Å². The zero-order chi connectivity index (χ0) is 17.6. The van der Waals surface area contributed by atoms with Crippen LogP contribution >= 0.6 is 0 Å². The van der Waals surface area contributed by atoms with Crippen molar-refractivity contribution in [2.75, 3.05) is 5.32 Å². The van der Waals surface area contributed by atoms with Gasteiger partial charge in [-0.15, -0.1) is 10.2 Å². The minimum absolute atomic E-state index is 0.226. The molecule has 0 amide bonds. The second kappa shape index (κ2) is 7.34. The molecule has 0 saturated heterocycles. The van der Waals surface area contributed by atoms with Gasteiger partial charge in [-0.3, -0.25) is 0 Å². The quantitative estimate of drug-likeness (QED) is 0.547. The van der Waals surface area contributed by atoms with Crippen LogP contribution in [0.15, 0.2) is 60.9 Å². The normalized spacial score (nSPS) is 10.5. The maximum Gasteiger partial charge on any atom is 0.230 e. The number of hydrogen-bond acceptors (Lipinski definition) is 8. The van der Waals surface area contributed by atoms with E-state index in [-0.39, 0.29) is 6.61 Å². The van der Waals surface area contributed by atoms with Gasteiger partial charge in [0.2, 0.25) is 11.8 Å². The molecule has 2 heterocycles. The van der Waals surface area contributed by atoms with Gasteiger partial charge in [-0.25, -0.2) is 9.97 Å². The fourth-order valence-corrected chi connectivity index (χ4v) is 2.27. The Kier molecular flexibility index (Phi) is 4.42. The van der Waals surface area contributed by atoms with Crippen molar-refractivity contribution in [3.63, 3.8) is 0 Å². The average molecular weight is 346 g/mol. The summed E-state index contributed by atoms with van der Waals surface area (Å²) in [5, 5.41) is 16.7.